The van der Waals surface area contributed by atoms with E-state index in [9.17, 15) is 4.79 Å². The van der Waals surface area contributed by atoms with Gasteiger partial charge in [-0.25, -0.2) is 9.97 Å². The second-order valence-corrected chi connectivity index (χ2v) is 2.89. The van der Waals surface area contributed by atoms with Crippen molar-refractivity contribution >= 4 is 17.1 Å². The molecule has 0 saturated carbocycles. The maximum Gasteiger partial charge on any atom is 0.303 e. The minimum atomic E-state index is -0.837. The first kappa shape index (κ1) is 8.68. The normalized spacial score (nSPS) is 10.6. The van der Waals surface area contributed by atoms with Crippen LogP contribution in [0.1, 0.15) is 12.2 Å². The minimum Gasteiger partial charge on any atom is -0.481 e. The molecule has 5 nitrogen and oxygen atoms in total. The number of furan rings is 1. The predicted octanol–water partition coefficient (Wildman–Crippen LogP) is 1.24. The number of hydrogen-bond donors (Lipinski definition) is 1. The molecule has 0 aliphatic heterocycles. The fraction of sp³-hybridized carbons (Fsp3) is 0.222. The molecule has 0 bridgehead atoms. The Balaban J connectivity index is 2.22. The Labute approximate surface area is 79.4 Å². The molecule has 0 aliphatic rings. The van der Waals surface area contributed by atoms with Gasteiger partial charge in [0, 0.05) is 12.6 Å². The third-order valence-electron chi connectivity index (χ3n) is 1.83. The number of aliphatic carboxylic acids is 1. The standard InChI is InChI=1S/C9H8N2O3/c12-8(13)2-1-7-3-6-4-10-5-11-9(6)14-7/h3-5H,1-2H2,(H,12,13). The Morgan fingerprint density at radius 2 is 2.43 bits per heavy atom. The highest BCUT2D eigenvalue weighted by molar-refractivity contribution is 5.73. The number of rotatable bonds is 3. The van der Waals surface area contributed by atoms with E-state index in [0.717, 1.165) is 5.39 Å². The van der Waals surface area contributed by atoms with E-state index in [0.29, 0.717) is 17.9 Å². The Kier molecular flexibility index (Phi) is 2.14. The lowest BCUT2D eigenvalue weighted by Crippen LogP contribution is -1.95. The van der Waals surface area contributed by atoms with Crippen LogP contribution >= 0.6 is 0 Å². The highest BCUT2D eigenvalue weighted by atomic mass is 16.4. The largest absolute Gasteiger partial charge is 0.481 e. The molecule has 0 saturated heterocycles. The molecule has 2 rings (SSSR count). The van der Waals surface area contributed by atoms with E-state index in [1.54, 1.807) is 12.3 Å². The molecule has 2 aromatic heterocycles. The van der Waals surface area contributed by atoms with Gasteiger partial charge in [-0.05, 0) is 6.07 Å². The maximum atomic E-state index is 10.3. The second-order valence-electron chi connectivity index (χ2n) is 2.89. The summed E-state index contributed by atoms with van der Waals surface area (Å²) in [6.07, 6.45) is 3.47. The van der Waals surface area contributed by atoms with Crippen molar-refractivity contribution in [1.29, 1.82) is 0 Å². The highest BCUT2D eigenvalue weighted by Gasteiger charge is 2.06. The quantitative estimate of drug-likeness (QED) is 0.791. The Morgan fingerprint density at radius 3 is 3.14 bits per heavy atom. The van der Waals surface area contributed by atoms with E-state index in [2.05, 4.69) is 9.97 Å². The molecular formula is C9H8N2O3. The minimum absolute atomic E-state index is 0.0627. The highest BCUT2D eigenvalue weighted by Crippen LogP contribution is 2.16. The van der Waals surface area contributed by atoms with E-state index >= 15 is 0 Å². The fourth-order valence-corrected chi connectivity index (χ4v) is 1.19. The van der Waals surface area contributed by atoms with E-state index in [1.165, 1.54) is 6.33 Å². The van der Waals surface area contributed by atoms with Crippen LogP contribution in [-0.4, -0.2) is 21.0 Å². The van der Waals surface area contributed by atoms with Gasteiger partial charge in [0.05, 0.1) is 11.8 Å². The zero-order chi connectivity index (χ0) is 9.97. The first-order chi connectivity index (χ1) is 6.75. The number of carboxylic acid groups (broad SMARTS) is 1. The van der Waals surface area contributed by atoms with Crippen LogP contribution in [0.2, 0.25) is 0 Å². The van der Waals surface area contributed by atoms with Crippen molar-refractivity contribution in [2.24, 2.45) is 0 Å². The number of nitrogens with zero attached hydrogens (tertiary/aromatic N) is 2. The van der Waals surface area contributed by atoms with Crippen molar-refractivity contribution in [2.75, 3.05) is 0 Å². The van der Waals surface area contributed by atoms with Gasteiger partial charge in [-0.3, -0.25) is 4.79 Å². The van der Waals surface area contributed by atoms with Crippen LogP contribution in [0, 0.1) is 0 Å². The molecule has 0 aromatic carbocycles. The lowest BCUT2D eigenvalue weighted by Gasteiger charge is -1.89. The summed E-state index contributed by atoms with van der Waals surface area (Å²) in [7, 11) is 0. The van der Waals surface area contributed by atoms with Crippen molar-refractivity contribution in [3.05, 3.63) is 24.4 Å². The average molecular weight is 192 g/mol. The smallest absolute Gasteiger partial charge is 0.303 e. The summed E-state index contributed by atoms with van der Waals surface area (Å²) in [5.74, 6) is -0.209. The number of aromatic nitrogens is 2. The van der Waals surface area contributed by atoms with Crippen molar-refractivity contribution < 1.29 is 14.3 Å². The molecule has 72 valence electrons. The lowest BCUT2D eigenvalue weighted by atomic mass is 10.2. The molecule has 5 heteroatoms. The first-order valence-corrected chi connectivity index (χ1v) is 4.16. The summed E-state index contributed by atoms with van der Waals surface area (Å²) in [4.78, 5) is 18.1. The summed E-state index contributed by atoms with van der Waals surface area (Å²) in [6, 6.07) is 1.76. The summed E-state index contributed by atoms with van der Waals surface area (Å²) >= 11 is 0. The number of aryl methyl sites for hydroxylation is 1. The zero-order valence-corrected chi connectivity index (χ0v) is 7.30. The molecule has 0 fully saturated rings. The number of carboxylic acids is 1. The fourth-order valence-electron chi connectivity index (χ4n) is 1.19. The molecule has 0 aliphatic carbocycles. The summed E-state index contributed by atoms with van der Waals surface area (Å²) in [6.45, 7) is 0. The van der Waals surface area contributed by atoms with E-state index < -0.39 is 5.97 Å². The van der Waals surface area contributed by atoms with Crippen LogP contribution in [0.3, 0.4) is 0 Å². The molecule has 14 heavy (non-hydrogen) atoms. The third kappa shape index (κ3) is 1.71. The van der Waals surface area contributed by atoms with Gasteiger partial charge in [0.15, 0.2) is 0 Å². The zero-order valence-electron chi connectivity index (χ0n) is 7.30. The van der Waals surface area contributed by atoms with E-state index in [4.69, 9.17) is 9.52 Å². The van der Waals surface area contributed by atoms with Gasteiger partial charge in [-0.2, -0.15) is 0 Å². The summed E-state index contributed by atoms with van der Waals surface area (Å²) < 4.78 is 5.30. The average Bonchev–Trinajstić information content (AvgIpc) is 2.57. The number of hydrogen-bond acceptors (Lipinski definition) is 4. The first-order valence-electron chi connectivity index (χ1n) is 4.16. The van der Waals surface area contributed by atoms with Crippen molar-refractivity contribution in [1.82, 2.24) is 9.97 Å². The molecule has 0 unspecified atom stereocenters. The Bertz CT molecular complexity index is 431. The molecule has 0 amide bonds. The van der Waals surface area contributed by atoms with Crippen molar-refractivity contribution in [3.63, 3.8) is 0 Å². The van der Waals surface area contributed by atoms with E-state index in [1.807, 2.05) is 0 Å². The molecule has 2 aromatic rings. The summed E-state index contributed by atoms with van der Waals surface area (Å²) in [5, 5.41) is 9.28. The monoisotopic (exact) mass is 192 g/mol. The van der Waals surface area contributed by atoms with Gasteiger partial charge < -0.3 is 9.52 Å². The summed E-state index contributed by atoms with van der Waals surface area (Å²) in [5.41, 5.74) is 0.500. The van der Waals surface area contributed by atoms with Crippen LogP contribution in [0.5, 0.6) is 0 Å². The van der Waals surface area contributed by atoms with Crippen LogP contribution in [0.25, 0.3) is 11.1 Å². The van der Waals surface area contributed by atoms with Gasteiger partial charge in [0.25, 0.3) is 0 Å². The van der Waals surface area contributed by atoms with Crippen molar-refractivity contribution in [2.45, 2.75) is 12.8 Å². The molecular weight excluding hydrogens is 184 g/mol. The van der Waals surface area contributed by atoms with Crippen LogP contribution in [0.4, 0.5) is 0 Å². The topological polar surface area (TPSA) is 76.2 Å². The van der Waals surface area contributed by atoms with Gasteiger partial charge in [-0.15, -0.1) is 0 Å². The second kappa shape index (κ2) is 3.45. The Morgan fingerprint density at radius 1 is 1.57 bits per heavy atom. The third-order valence-corrected chi connectivity index (χ3v) is 1.83. The van der Waals surface area contributed by atoms with Crippen LogP contribution in [-0.2, 0) is 11.2 Å². The molecule has 0 radical (unpaired) electrons. The van der Waals surface area contributed by atoms with Gasteiger partial charge in [0.2, 0.25) is 5.71 Å². The lowest BCUT2D eigenvalue weighted by molar-refractivity contribution is -0.137. The molecule has 0 spiro atoms. The van der Waals surface area contributed by atoms with Crippen LogP contribution in [0.15, 0.2) is 23.0 Å². The Hall–Kier alpha value is -1.91. The van der Waals surface area contributed by atoms with Crippen molar-refractivity contribution in [3.8, 4) is 0 Å². The molecule has 1 N–H and O–H groups in total. The van der Waals surface area contributed by atoms with Gasteiger partial charge >= 0.3 is 5.97 Å². The number of carbonyl (C=O) groups is 1. The SMILES string of the molecule is O=C(O)CCc1cc2cncnc2o1. The van der Waals surface area contributed by atoms with Gasteiger partial charge in [0.1, 0.15) is 12.1 Å². The van der Waals surface area contributed by atoms with Crippen LogP contribution < -0.4 is 0 Å². The maximum absolute atomic E-state index is 10.3. The predicted molar refractivity (Wildman–Crippen MR) is 47.8 cm³/mol. The molecule has 2 heterocycles. The van der Waals surface area contributed by atoms with E-state index in [-0.39, 0.29) is 6.42 Å². The van der Waals surface area contributed by atoms with Gasteiger partial charge in [-0.1, -0.05) is 0 Å². The number of fused-ring (bicyclic) bond motifs is 1. The molecule has 0 atom stereocenters.